The lowest BCUT2D eigenvalue weighted by Crippen LogP contribution is -2.71. The van der Waals surface area contributed by atoms with E-state index in [1.807, 2.05) is 60.7 Å². The minimum atomic E-state index is -0.958. The summed E-state index contributed by atoms with van der Waals surface area (Å²) in [7, 11) is 1.27. The molecule has 3 heterocycles. The number of hydrogen-bond donors (Lipinski definition) is 2. The van der Waals surface area contributed by atoms with Crippen LogP contribution in [0.15, 0.2) is 91.9 Å². The third-order valence-corrected chi connectivity index (χ3v) is 9.05. The van der Waals surface area contributed by atoms with Crippen LogP contribution >= 0.6 is 55.0 Å². The number of carbonyl (C=O) groups is 4. The van der Waals surface area contributed by atoms with Crippen LogP contribution in [0.25, 0.3) is 0 Å². The van der Waals surface area contributed by atoms with Gasteiger partial charge in [0.2, 0.25) is 6.41 Å². The quantitative estimate of drug-likeness (QED) is 0.0945. The fraction of sp³-hybridized carbons (Fsp3) is 0.172. The summed E-state index contributed by atoms with van der Waals surface area (Å²) in [4.78, 5) is 61.9. The van der Waals surface area contributed by atoms with E-state index in [4.69, 9.17) is 9.57 Å². The average molecular weight is 761 g/mol. The molecule has 3 amide bonds. The van der Waals surface area contributed by atoms with Crippen LogP contribution < -0.4 is 10.6 Å². The van der Waals surface area contributed by atoms with Gasteiger partial charge in [0.1, 0.15) is 29.9 Å². The summed E-state index contributed by atoms with van der Waals surface area (Å²) in [5.74, 6) is -1.52. The topological polar surface area (TPSA) is 139 Å². The van der Waals surface area contributed by atoms with E-state index in [0.717, 1.165) is 22.5 Å². The lowest BCUT2D eigenvalue weighted by atomic mass is 10.0. The van der Waals surface area contributed by atoms with Gasteiger partial charge in [0.05, 0.1) is 3.39 Å². The van der Waals surface area contributed by atoms with Crippen molar-refractivity contribution in [3.63, 3.8) is 0 Å². The first-order valence-corrected chi connectivity index (χ1v) is 16.4. The molecule has 1 saturated heterocycles. The van der Waals surface area contributed by atoms with Gasteiger partial charge in [-0.1, -0.05) is 65.8 Å². The van der Waals surface area contributed by atoms with Crippen LogP contribution in [0.2, 0.25) is 0 Å². The minimum absolute atomic E-state index is 0.0902. The molecule has 1 aromatic heterocycles. The highest BCUT2D eigenvalue weighted by Crippen LogP contribution is 2.42. The molecule has 1 fully saturated rings. The molecule has 0 spiro atoms. The van der Waals surface area contributed by atoms with E-state index in [9.17, 15) is 19.2 Å². The van der Waals surface area contributed by atoms with Gasteiger partial charge in [-0.05, 0) is 54.6 Å². The van der Waals surface area contributed by atoms with Crippen LogP contribution in [0, 0.1) is 0 Å². The van der Waals surface area contributed by atoms with Gasteiger partial charge in [0.25, 0.3) is 11.8 Å². The Balaban J connectivity index is 1.41. The van der Waals surface area contributed by atoms with Crippen LogP contribution in [-0.2, 0) is 28.8 Å². The Morgan fingerprint density at radius 3 is 2.36 bits per heavy atom. The molecule has 2 atom stereocenters. The number of thioether (sulfide) groups is 1. The normalized spacial score (nSPS) is 17.8. The van der Waals surface area contributed by atoms with Crippen molar-refractivity contribution < 1.29 is 28.8 Å². The Morgan fingerprint density at radius 2 is 1.77 bits per heavy atom. The Kier molecular flexibility index (Phi) is 10.3. The van der Waals surface area contributed by atoms with Gasteiger partial charge in [-0.3, -0.25) is 19.3 Å². The Hall–Kier alpha value is -3.79. The molecule has 0 saturated carbocycles. The summed E-state index contributed by atoms with van der Waals surface area (Å²) in [6.07, 6.45) is 1.45. The highest BCUT2D eigenvalue weighted by atomic mass is 79.9. The van der Waals surface area contributed by atoms with Crippen molar-refractivity contribution in [2.24, 2.45) is 5.16 Å². The predicted octanol–water partition coefficient (Wildman–Crippen LogP) is 4.68. The van der Waals surface area contributed by atoms with Gasteiger partial charge in [-0.15, -0.1) is 23.1 Å². The number of fused-ring (bicyclic) bond motifs is 1. The second-order valence-electron chi connectivity index (χ2n) is 9.20. The number of aromatic nitrogens is 1. The number of thiazole rings is 1. The minimum Gasteiger partial charge on any atom is -0.448 e. The number of anilines is 1. The molecule has 44 heavy (non-hydrogen) atoms. The molecule has 2 aliphatic heterocycles. The highest BCUT2D eigenvalue weighted by molar-refractivity contribution is 9.28. The molecule has 0 bridgehead atoms. The van der Waals surface area contributed by atoms with Crippen molar-refractivity contribution in [1.29, 1.82) is 0 Å². The molecule has 2 N–H and O–H groups in total. The van der Waals surface area contributed by atoms with Crippen LogP contribution in [0.5, 0.6) is 0 Å². The zero-order valence-corrected chi connectivity index (χ0v) is 27.6. The molecular formula is C29H23Br2N5O6S2. The van der Waals surface area contributed by atoms with Gasteiger partial charge in [0.15, 0.2) is 16.9 Å². The van der Waals surface area contributed by atoms with Gasteiger partial charge < -0.3 is 20.2 Å². The largest absolute Gasteiger partial charge is 0.448 e. The van der Waals surface area contributed by atoms with Crippen molar-refractivity contribution in [1.82, 2.24) is 15.2 Å². The maximum atomic E-state index is 13.9. The molecule has 2 aliphatic rings. The zero-order valence-electron chi connectivity index (χ0n) is 22.8. The van der Waals surface area contributed by atoms with Crippen LogP contribution in [-0.4, -0.2) is 64.1 Å². The van der Waals surface area contributed by atoms with E-state index >= 15 is 0 Å². The highest BCUT2D eigenvalue weighted by Gasteiger charge is 2.54. The Bertz CT molecular complexity index is 1620. The zero-order chi connectivity index (χ0) is 31.2. The molecular weight excluding hydrogens is 738 g/mol. The summed E-state index contributed by atoms with van der Waals surface area (Å²) >= 11 is 9.19. The van der Waals surface area contributed by atoms with Gasteiger partial charge in [0, 0.05) is 11.1 Å². The predicted molar refractivity (Wildman–Crippen MR) is 174 cm³/mol. The number of esters is 1. The summed E-state index contributed by atoms with van der Waals surface area (Å²) in [5, 5.41) is 10.1. The van der Waals surface area contributed by atoms with Crippen LogP contribution in [0.4, 0.5) is 5.13 Å². The number of ether oxygens (including phenoxy) is 1. The van der Waals surface area contributed by atoms with Crippen molar-refractivity contribution in [3.05, 3.63) is 104 Å². The molecule has 2 aromatic carbocycles. The van der Waals surface area contributed by atoms with E-state index in [1.54, 1.807) is 6.08 Å². The average Bonchev–Trinajstić information content (AvgIpc) is 3.49. The standard InChI is InChI=1S/C29H23Br2N5O6S2/c1-41-35-21(19-14-44-29(33-19)32-15-37)25(38)34-22-26(39)36-23(18(12-20(30)31)13-43-27(22)36)28(40)42-24(16-8-4-2-5-9-16)17-10-6-3-7-11-17/h2-12,14-15,22,24,27H,13H2,1H3,(H,34,38)(H,32,33,37)/t22?,27-/m1/s1. The smallest absolute Gasteiger partial charge is 0.356 e. The fourth-order valence-corrected chi connectivity index (χ4v) is 7.14. The summed E-state index contributed by atoms with van der Waals surface area (Å²) in [5.41, 5.74) is 2.18. The second-order valence-corrected chi connectivity index (χ2v) is 13.9. The maximum absolute atomic E-state index is 13.9. The molecule has 11 nitrogen and oxygen atoms in total. The number of benzene rings is 2. The van der Waals surface area contributed by atoms with Crippen LogP contribution in [0.1, 0.15) is 22.9 Å². The van der Waals surface area contributed by atoms with E-state index in [1.165, 1.54) is 29.2 Å². The first-order chi connectivity index (χ1) is 21.3. The van der Waals surface area contributed by atoms with Crippen molar-refractivity contribution in [2.45, 2.75) is 17.5 Å². The Labute approximate surface area is 277 Å². The summed E-state index contributed by atoms with van der Waals surface area (Å²) < 4.78 is 6.70. The number of amides is 3. The molecule has 0 aliphatic carbocycles. The molecule has 5 rings (SSSR count). The Morgan fingerprint density at radius 1 is 1.11 bits per heavy atom. The van der Waals surface area contributed by atoms with Gasteiger partial charge in [-0.2, -0.15) is 0 Å². The first kappa shape index (κ1) is 31.6. The molecule has 0 radical (unpaired) electrons. The summed E-state index contributed by atoms with van der Waals surface area (Å²) in [6, 6.07) is 17.7. The lowest BCUT2D eigenvalue weighted by molar-refractivity contribution is -0.154. The van der Waals surface area contributed by atoms with Crippen molar-refractivity contribution in [2.75, 3.05) is 18.2 Å². The van der Waals surface area contributed by atoms with E-state index in [2.05, 4.69) is 52.6 Å². The summed E-state index contributed by atoms with van der Waals surface area (Å²) in [6.45, 7) is 0. The number of oxime groups is 1. The fourth-order valence-electron chi connectivity index (χ4n) is 4.63. The third kappa shape index (κ3) is 6.80. The molecule has 3 aromatic rings. The maximum Gasteiger partial charge on any atom is 0.356 e. The second kappa shape index (κ2) is 14.3. The lowest BCUT2D eigenvalue weighted by Gasteiger charge is -2.49. The van der Waals surface area contributed by atoms with E-state index < -0.39 is 35.3 Å². The number of nitrogens with zero attached hydrogens (tertiary/aromatic N) is 3. The third-order valence-electron chi connectivity index (χ3n) is 6.52. The number of carbonyl (C=O) groups excluding carboxylic acids is 4. The van der Waals surface area contributed by atoms with Crippen molar-refractivity contribution in [3.8, 4) is 0 Å². The number of nitrogens with one attached hydrogen (secondary N) is 2. The molecule has 1 unspecified atom stereocenters. The number of allylic oxidation sites excluding steroid dienone is 1. The number of rotatable bonds is 11. The number of β-lactam (4-membered cyclic amide) rings is 1. The number of hydrogen-bond acceptors (Lipinski definition) is 10. The monoisotopic (exact) mass is 759 g/mol. The molecule has 15 heteroatoms. The molecule has 226 valence electrons. The van der Waals surface area contributed by atoms with E-state index in [0.29, 0.717) is 21.1 Å². The van der Waals surface area contributed by atoms with Gasteiger partial charge in [-0.25, -0.2) is 9.78 Å². The van der Waals surface area contributed by atoms with Gasteiger partial charge >= 0.3 is 5.97 Å². The SMILES string of the molecule is CON=C(C(=O)NC1C(=O)N2C(C(=O)OC(c3ccccc3)c3ccccc3)=C(C=C(Br)Br)CS[C@H]12)c1csc(NC=O)n1. The van der Waals surface area contributed by atoms with Crippen LogP contribution in [0.3, 0.4) is 0 Å². The van der Waals surface area contributed by atoms with Crippen molar-refractivity contribution >= 4 is 90.0 Å². The van der Waals surface area contributed by atoms with E-state index in [-0.39, 0.29) is 22.2 Å². The number of halogens is 2. The first-order valence-electron chi connectivity index (χ1n) is 12.9.